The Morgan fingerprint density at radius 1 is 1.65 bits per heavy atom. The summed E-state index contributed by atoms with van der Waals surface area (Å²) < 4.78 is 0. The fourth-order valence-corrected chi connectivity index (χ4v) is 2.00. The molecule has 1 atom stereocenters. The molecule has 0 bridgehead atoms. The second-order valence-electron chi connectivity index (χ2n) is 3.47. The van der Waals surface area contributed by atoms with Crippen LogP contribution < -0.4 is 5.32 Å². The molecule has 0 radical (unpaired) electrons. The molecule has 0 saturated heterocycles. The Morgan fingerprint density at radius 3 is 2.88 bits per heavy atom. The maximum absolute atomic E-state index is 10.4. The largest absolute Gasteiger partial charge is 0.396 e. The van der Waals surface area contributed by atoms with Crippen molar-refractivity contribution >= 4 is 23.3 Å². The Balaban J connectivity index is 2.62. The zero-order chi connectivity index (χ0) is 12.7. The first-order chi connectivity index (χ1) is 8.17. The number of nitro groups is 1. The molecule has 1 aromatic heterocycles. The summed E-state index contributed by atoms with van der Waals surface area (Å²) >= 11 is 1.67. The first-order valence-electron chi connectivity index (χ1n) is 5.14. The normalized spacial score (nSPS) is 12.1. The highest BCUT2D eigenvalue weighted by molar-refractivity contribution is 7.98. The summed E-state index contributed by atoms with van der Waals surface area (Å²) in [5.41, 5.74) is -0.0286. The van der Waals surface area contributed by atoms with E-state index in [1.165, 1.54) is 12.3 Å². The minimum atomic E-state index is -0.482. The van der Waals surface area contributed by atoms with E-state index in [-0.39, 0.29) is 18.3 Å². The smallest absolute Gasteiger partial charge is 0.287 e. The van der Waals surface area contributed by atoms with E-state index in [0.717, 1.165) is 5.75 Å². The minimum absolute atomic E-state index is 0.0286. The lowest BCUT2D eigenvalue weighted by Crippen LogP contribution is -2.24. The van der Waals surface area contributed by atoms with E-state index in [4.69, 9.17) is 5.11 Å². The Hall–Kier alpha value is -1.34. The average molecular weight is 257 g/mol. The van der Waals surface area contributed by atoms with Gasteiger partial charge < -0.3 is 10.4 Å². The van der Waals surface area contributed by atoms with Gasteiger partial charge in [0.15, 0.2) is 0 Å². The second kappa shape index (κ2) is 7.08. The van der Waals surface area contributed by atoms with Crippen LogP contribution in [-0.4, -0.2) is 39.7 Å². The summed E-state index contributed by atoms with van der Waals surface area (Å²) in [4.78, 5) is 13.9. The third-order valence-corrected chi connectivity index (χ3v) is 2.89. The SMILES string of the molecule is CSCC(CCO)Nc1ccc([N+](=O)[O-])cn1. The summed E-state index contributed by atoms with van der Waals surface area (Å²) in [6.45, 7) is 0.102. The van der Waals surface area contributed by atoms with Crippen LogP contribution >= 0.6 is 11.8 Å². The zero-order valence-corrected chi connectivity index (χ0v) is 10.3. The summed E-state index contributed by atoms with van der Waals surface area (Å²) in [7, 11) is 0. The Bertz CT molecular complexity index is 352. The number of nitrogens with zero attached hydrogens (tertiary/aromatic N) is 2. The van der Waals surface area contributed by atoms with Crippen LogP contribution in [0.4, 0.5) is 11.5 Å². The zero-order valence-electron chi connectivity index (χ0n) is 9.50. The number of aliphatic hydroxyl groups excluding tert-OH is 1. The Morgan fingerprint density at radius 2 is 2.41 bits per heavy atom. The number of aromatic nitrogens is 1. The van der Waals surface area contributed by atoms with Crippen molar-refractivity contribution in [2.45, 2.75) is 12.5 Å². The highest BCUT2D eigenvalue weighted by Gasteiger charge is 2.10. The molecule has 6 nitrogen and oxygen atoms in total. The van der Waals surface area contributed by atoms with Gasteiger partial charge in [0, 0.05) is 24.5 Å². The molecule has 0 fully saturated rings. The van der Waals surface area contributed by atoms with Crippen LogP contribution in [-0.2, 0) is 0 Å². The number of hydrogen-bond acceptors (Lipinski definition) is 6. The maximum atomic E-state index is 10.4. The first kappa shape index (κ1) is 13.7. The number of thioether (sulfide) groups is 1. The molecule has 17 heavy (non-hydrogen) atoms. The van der Waals surface area contributed by atoms with Gasteiger partial charge in [0.25, 0.3) is 5.69 Å². The lowest BCUT2D eigenvalue weighted by molar-refractivity contribution is -0.385. The summed E-state index contributed by atoms with van der Waals surface area (Å²) in [6.07, 6.45) is 3.83. The highest BCUT2D eigenvalue weighted by Crippen LogP contribution is 2.14. The van der Waals surface area contributed by atoms with Crippen molar-refractivity contribution in [3.05, 3.63) is 28.4 Å². The topological polar surface area (TPSA) is 88.3 Å². The van der Waals surface area contributed by atoms with Gasteiger partial charge in [-0.2, -0.15) is 11.8 Å². The first-order valence-corrected chi connectivity index (χ1v) is 6.53. The van der Waals surface area contributed by atoms with Crippen molar-refractivity contribution in [2.75, 3.05) is 23.9 Å². The quantitative estimate of drug-likeness (QED) is 0.568. The van der Waals surface area contributed by atoms with Gasteiger partial charge in [0.1, 0.15) is 12.0 Å². The van der Waals surface area contributed by atoms with Crippen molar-refractivity contribution in [3.8, 4) is 0 Å². The van der Waals surface area contributed by atoms with Crippen LogP contribution in [0.15, 0.2) is 18.3 Å². The lowest BCUT2D eigenvalue weighted by atomic mass is 10.2. The molecule has 0 spiro atoms. The van der Waals surface area contributed by atoms with Gasteiger partial charge in [-0.05, 0) is 18.7 Å². The summed E-state index contributed by atoms with van der Waals surface area (Å²) in [6, 6.07) is 3.09. The van der Waals surface area contributed by atoms with Gasteiger partial charge in [-0.1, -0.05) is 0 Å². The van der Waals surface area contributed by atoms with Crippen LogP contribution in [0.3, 0.4) is 0 Å². The molecule has 1 rings (SSSR count). The number of hydrogen-bond donors (Lipinski definition) is 2. The molecular weight excluding hydrogens is 242 g/mol. The van der Waals surface area contributed by atoms with Crippen molar-refractivity contribution in [1.82, 2.24) is 4.98 Å². The standard InChI is InChI=1S/C10H15N3O3S/c1-17-7-8(4-5-14)12-10-3-2-9(6-11-10)13(15)16/h2-3,6,8,14H,4-5,7H2,1H3,(H,11,12). The lowest BCUT2D eigenvalue weighted by Gasteiger charge is -2.16. The van der Waals surface area contributed by atoms with Crippen molar-refractivity contribution in [3.63, 3.8) is 0 Å². The van der Waals surface area contributed by atoms with Crippen LogP contribution in [0, 0.1) is 10.1 Å². The Kier molecular flexibility index (Phi) is 5.71. The number of aliphatic hydroxyl groups is 1. The molecule has 0 aliphatic rings. The van der Waals surface area contributed by atoms with E-state index in [1.54, 1.807) is 17.8 Å². The van der Waals surface area contributed by atoms with E-state index < -0.39 is 4.92 Å². The number of nitrogens with one attached hydrogen (secondary N) is 1. The molecule has 0 aliphatic heterocycles. The fourth-order valence-electron chi connectivity index (χ4n) is 1.34. The molecule has 1 heterocycles. The van der Waals surface area contributed by atoms with E-state index in [9.17, 15) is 10.1 Å². The van der Waals surface area contributed by atoms with Gasteiger partial charge in [-0.25, -0.2) is 4.98 Å². The van der Waals surface area contributed by atoms with Gasteiger partial charge in [-0.15, -0.1) is 0 Å². The average Bonchev–Trinajstić information content (AvgIpc) is 2.30. The molecule has 0 saturated carbocycles. The number of rotatable bonds is 7. The third kappa shape index (κ3) is 4.58. The van der Waals surface area contributed by atoms with Crippen LogP contribution in [0.25, 0.3) is 0 Å². The van der Waals surface area contributed by atoms with Crippen LogP contribution in [0.2, 0.25) is 0 Å². The van der Waals surface area contributed by atoms with E-state index >= 15 is 0 Å². The fraction of sp³-hybridized carbons (Fsp3) is 0.500. The van der Waals surface area contributed by atoms with E-state index in [1.807, 2.05) is 6.26 Å². The predicted molar refractivity (Wildman–Crippen MR) is 68.4 cm³/mol. The van der Waals surface area contributed by atoms with Gasteiger partial charge in [0.05, 0.1) is 4.92 Å². The van der Waals surface area contributed by atoms with Crippen molar-refractivity contribution < 1.29 is 10.0 Å². The molecule has 0 aliphatic carbocycles. The van der Waals surface area contributed by atoms with Gasteiger partial charge in [0.2, 0.25) is 0 Å². The molecule has 0 aromatic carbocycles. The third-order valence-electron chi connectivity index (χ3n) is 2.16. The van der Waals surface area contributed by atoms with Gasteiger partial charge in [-0.3, -0.25) is 10.1 Å². The predicted octanol–water partition coefficient (Wildman–Crippen LogP) is 1.52. The van der Waals surface area contributed by atoms with Gasteiger partial charge >= 0.3 is 0 Å². The van der Waals surface area contributed by atoms with Crippen molar-refractivity contribution in [2.24, 2.45) is 0 Å². The van der Waals surface area contributed by atoms with Crippen LogP contribution in [0.5, 0.6) is 0 Å². The molecule has 0 amide bonds. The Labute approximate surface area is 104 Å². The molecule has 7 heteroatoms. The van der Waals surface area contributed by atoms with E-state index in [2.05, 4.69) is 10.3 Å². The second-order valence-corrected chi connectivity index (χ2v) is 4.38. The molecule has 1 unspecified atom stereocenters. The van der Waals surface area contributed by atoms with E-state index in [0.29, 0.717) is 12.2 Å². The molecule has 2 N–H and O–H groups in total. The number of anilines is 1. The number of pyridine rings is 1. The van der Waals surface area contributed by atoms with Crippen LogP contribution in [0.1, 0.15) is 6.42 Å². The maximum Gasteiger partial charge on any atom is 0.287 e. The highest BCUT2D eigenvalue weighted by atomic mass is 32.2. The molecule has 1 aromatic rings. The summed E-state index contributed by atoms with van der Waals surface area (Å²) in [5.74, 6) is 1.43. The minimum Gasteiger partial charge on any atom is -0.396 e. The monoisotopic (exact) mass is 257 g/mol. The van der Waals surface area contributed by atoms with Crippen molar-refractivity contribution in [1.29, 1.82) is 0 Å². The summed E-state index contributed by atoms with van der Waals surface area (Å²) in [5, 5.41) is 22.5. The molecule has 94 valence electrons. The molecular formula is C10H15N3O3S.